The summed E-state index contributed by atoms with van der Waals surface area (Å²) >= 11 is 0. The third-order valence-corrected chi connectivity index (χ3v) is 18.1. The second kappa shape index (κ2) is 24.0. The van der Waals surface area contributed by atoms with Crippen LogP contribution in [0, 0.1) is 0 Å². The van der Waals surface area contributed by atoms with Gasteiger partial charge in [-0.3, -0.25) is 4.90 Å². The Bertz CT molecular complexity index is 5580. The van der Waals surface area contributed by atoms with Gasteiger partial charge in [-0.25, -0.2) is 9.97 Å². The summed E-state index contributed by atoms with van der Waals surface area (Å²) in [6, 6.07) is 130. The van der Waals surface area contributed by atoms with E-state index in [0.717, 1.165) is 107 Å². The molecule has 3 heterocycles. The van der Waals surface area contributed by atoms with Gasteiger partial charge in [-0.15, -0.1) is 0 Å². The molecular formula is C88H60N6. The number of hydrogen-bond acceptors (Lipinski definition) is 4. The Kier molecular flexibility index (Phi) is 14.1. The van der Waals surface area contributed by atoms with Gasteiger partial charge in [0.1, 0.15) is 0 Å². The Hall–Kier alpha value is -12.6. The van der Waals surface area contributed by atoms with E-state index in [9.17, 15) is 0 Å². The monoisotopic (exact) mass is 1200 g/mol. The van der Waals surface area contributed by atoms with E-state index >= 15 is 0 Å². The van der Waals surface area contributed by atoms with Gasteiger partial charge in [0.25, 0.3) is 0 Å². The summed E-state index contributed by atoms with van der Waals surface area (Å²) in [5, 5.41) is 4.88. The molecule has 0 spiro atoms. The molecule has 0 unspecified atom stereocenters. The molecule has 442 valence electrons. The van der Waals surface area contributed by atoms with Crippen LogP contribution in [0.2, 0.25) is 0 Å². The number of para-hydroxylation sites is 6. The first kappa shape index (κ1) is 55.4. The van der Waals surface area contributed by atoms with Gasteiger partial charge in [0.15, 0.2) is 0 Å². The Balaban J connectivity index is 0.791. The minimum Gasteiger partial charge on any atom is -0.310 e. The molecule has 0 fully saturated rings. The lowest BCUT2D eigenvalue weighted by molar-refractivity contribution is 1.09. The average Bonchev–Trinajstić information content (AvgIpc) is 1.72. The molecule has 0 saturated carbocycles. The normalized spacial score (nSPS) is 11.4. The zero-order valence-corrected chi connectivity index (χ0v) is 51.3. The quantitative estimate of drug-likeness (QED) is 0.109. The highest BCUT2D eigenvalue weighted by Crippen LogP contribution is 2.44. The highest BCUT2D eigenvalue weighted by Gasteiger charge is 2.23. The van der Waals surface area contributed by atoms with E-state index in [4.69, 9.17) is 9.97 Å². The van der Waals surface area contributed by atoms with E-state index in [1.807, 2.05) is 0 Å². The molecule has 0 radical (unpaired) electrons. The van der Waals surface area contributed by atoms with Crippen molar-refractivity contribution in [1.29, 1.82) is 0 Å². The predicted octanol–water partition coefficient (Wildman–Crippen LogP) is 23.6. The van der Waals surface area contributed by atoms with Crippen molar-refractivity contribution in [3.8, 4) is 78.4 Å². The van der Waals surface area contributed by atoms with E-state index in [0.29, 0.717) is 5.95 Å². The lowest BCUT2D eigenvalue weighted by atomic mass is 9.92. The first-order valence-corrected chi connectivity index (χ1v) is 32.0. The molecular weight excluding hydrogens is 1140 g/mol. The summed E-state index contributed by atoms with van der Waals surface area (Å²) < 4.78 is 4.73. The van der Waals surface area contributed by atoms with E-state index in [2.05, 4.69) is 383 Å². The molecule has 94 heavy (non-hydrogen) atoms. The van der Waals surface area contributed by atoms with Crippen LogP contribution < -0.4 is 9.80 Å². The third-order valence-electron chi connectivity index (χ3n) is 18.1. The van der Waals surface area contributed by atoms with Crippen molar-refractivity contribution in [1.82, 2.24) is 19.1 Å². The first-order valence-electron chi connectivity index (χ1n) is 32.0. The lowest BCUT2D eigenvalue weighted by Crippen LogP contribution is -2.14. The Labute approximate surface area is 546 Å². The van der Waals surface area contributed by atoms with Gasteiger partial charge in [0.2, 0.25) is 5.95 Å². The Morgan fingerprint density at radius 1 is 0.202 bits per heavy atom. The number of anilines is 6. The van der Waals surface area contributed by atoms with Crippen molar-refractivity contribution >= 4 is 78.0 Å². The molecule has 0 aliphatic rings. The van der Waals surface area contributed by atoms with Crippen molar-refractivity contribution in [3.05, 3.63) is 364 Å². The van der Waals surface area contributed by atoms with Crippen LogP contribution in [-0.4, -0.2) is 19.1 Å². The summed E-state index contributed by atoms with van der Waals surface area (Å²) in [7, 11) is 0. The molecule has 0 bridgehead atoms. The fourth-order valence-electron chi connectivity index (χ4n) is 13.7. The fraction of sp³-hybridized carbons (Fsp3) is 0. The molecule has 0 saturated heterocycles. The molecule has 6 heteroatoms. The molecule has 0 aliphatic heterocycles. The maximum Gasteiger partial charge on any atom is 0.235 e. The van der Waals surface area contributed by atoms with Crippen LogP contribution in [0.1, 0.15) is 0 Å². The summed E-state index contributed by atoms with van der Waals surface area (Å²) in [6.07, 6.45) is 0. The van der Waals surface area contributed by atoms with Crippen LogP contribution in [0.3, 0.4) is 0 Å². The highest BCUT2D eigenvalue weighted by molar-refractivity contribution is 6.12. The molecule has 17 rings (SSSR count). The SMILES string of the molecule is c1ccc(-c2ccc(-c3cc(-c4cccc(N(c5ccccc5)c5ccc(-c6ccc7c(c6)c6ccccc6n7-c6ccccc6)cc5)c4)nc(N(c4ccccc4)c4ccc(-c5ccc6c(c5)c5ccccc5n6-c5ccccc5)cc4)n3)c(-c3ccccc3)c2)cc1. The van der Waals surface area contributed by atoms with Gasteiger partial charge in [-0.1, -0.05) is 231 Å². The van der Waals surface area contributed by atoms with E-state index in [-0.39, 0.29) is 0 Å². The second-order valence-electron chi connectivity index (χ2n) is 23.8. The number of fused-ring (bicyclic) bond motifs is 6. The minimum absolute atomic E-state index is 0.538. The second-order valence-corrected chi connectivity index (χ2v) is 23.8. The topological polar surface area (TPSA) is 42.1 Å². The van der Waals surface area contributed by atoms with Crippen molar-refractivity contribution < 1.29 is 0 Å². The molecule has 14 aromatic carbocycles. The van der Waals surface area contributed by atoms with E-state index < -0.39 is 0 Å². The van der Waals surface area contributed by atoms with Gasteiger partial charge < -0.3 is 14.0 Å². The third kappa shape index (κ3) is 10.2. The first-order chi connectivity index (χ1) is 46.6. The van der Waals surface area contributed by atoms with Crippen LogP contribution in [0.4, 0.5) is 34.4 Å². The zero-order valence-electron chi connectivity index (χ0n) is 51.3. The Morgan fingerprint density at radius 2 is 0.574 bits per heavy atom. The molecule has 0 amide bonds. The Morgan fingerprint density at radius 3 is 1.12 bits per heavy atom. The number of hydrogen-bond donors (Lipinski definition) is 0. The van der Waals surface area contributed by atoms with Crippen molar-refractivity contribution in [3.63, 3.8) is 0 Å². The van der Waals surface area contributed by atoms with Gasteiger partial charge in [-0.2, -0.15) is 0 Å². The predicted molar refractivity (Wildman–Crippen MR) is 393 cm³/mol. The standard InChI is InChI=1S/C88H60N6/c1-7-24-61(25-8-1)65-46-53-76(79(57-65)64-26-9-2-10-27-64)83-60-82(89-88(90-83)92(70-31-13-4-14-32-70)74-51-44-63(45-52-74)67-48-55-87-81(59-67)78-39-20-22-41-85(78)94(87)72-35-17-6-18-36-72)68-28-23-37-75(56-68)91(69-29-11-3-12-30-69)73-49-42-62(43-50-73)66-47-54-86-80(58-66)77-38-19-21-40-84(77)93(86)71-33-15-5-16-34-71/h1-60H. The molecule has 17 aromatic rings. The molecule has 6 nitrogen and oxygen atoms in total. The van der Waals surface area contributed by atoms with Gasteiger partial charge >= 0.3 is 0 Å². The number of benzene rings is 14. The number of rotatable bonds is 14. The van der Waals surface area contributed by atoms with Crippen LogP contribution in [0.15, 0.2) is 364 Å². The van der Waals surface area contributed by atoms with Crippen molar-refractivity contribution in [2.24, 2.45) is 0 Å². The number of aromatic nitrogens is 4. The maximum atomic E-state index is 5.68. The molecule has 0 N–H and O–H groups in total. The number of nitrogens with zero attached hydrogens (tertiary/aromatic N) is 6. The van der Waals surface area contributed by atoms with Crippen LogP contribution in [-0.2, 0) is 0 Å². The zero-order chi connectivity index (χ0) is 62.3. The molecule has 0 aliphatic carbocycles. The smallest absolute Gasteiger partial charge is 0.235 e. The van der Waals surface area contributed by atoms with Crippen LogP contribution in [0.25, 0.3) is 122 Å². The van der Waals surface area contributed by atoms with Crippen molar-refractivity contribution in [2.75, 3.05) is 9.80 Å². The van der Waals surface area contributed by atoms with Gasteiger partial charge in [0, 0.05) is 72.5 Å². The van der Waals surface area contributed by atoms with E-state index in [1.54, 1.807) is 0 Å². The van der Waals surface area contributed by atoms with Crippen LogP contribution in [0.5, 0.6) is 0 Å². The summed E-state index contributed by atoms with van der Waals surface area (Å²) in [5.74, 6) is 0.538. The minimum atomic E-state index is 0.538. The maximum absolute atomic E-state index is 5.68. The lowest BCUT2D eigenvalue weighted by Gasteiger charge is -2.27. The van der Waals surface area contributed by atoms with Crippen molar-refractivity contribution in [2.45, 2.75) is 0 Å². The highest BCUT2D eigenvalue weighted by atomic mass is 15.3. The van der Waals surface area contributed by atoms with Crippen LogP contribution >= 0.6 is 0 Å². The van der Waals surface area contributed by atoms with Gasteiger partial charge in [0.05, 0.1) is 33.5 Å². The molecule has 3 aromatic heterocycles. The summed E-state index contributed by atoms with van der Waals surface area (Å²) in [4.78, 5) is 15.9. The fourth-order valence-corrected chi connectivity index (χ4v) is 13.7. The van der Waals surface area contributed by atoms with Gasteiger partial charge in [-0.05, 0) is 178 Å². The largest absolute Gasteiger partial charge is 0.310 e. The van der Waals surface area contributed by atoms with E-state index in [1.165, 1.54) is 43.6 Å². The summed E-state index contributed by atoms with van der Waals surface area (Å²) in [5.41, 5.74) is 24.4. The molecule has 0 atom stereocenters. The average molecular weight is 1200 g/mol. The summed E-state index contributed by atoms with van der Waals surface area (Å²) in [6.45, 7) is 0.